The number of nitrogens with two attached hydrogens (primary N) is 1. The van der Waals surface area contributed by atoms with Crippen LogP contribution < -0.4 is 5.73 Å². The molecule has 2 atom stereocenters. The molecular formula is C9H18N2O2S2. The number of hydrogen-bond acceptors (Lipinski definition) is 3. The van der Waals surface area contributed by atoms with Crippen molar-refractivity contribution in [1.82, 2.24) is 4.31 Å². The van der Waals surface area contributed by atoms with E-state index >= 15 is 0 Å². The molecule has 1 fully saturated rings. The summed E-state index contributed by atoms with van der Waals surface area (Å²) in [5.74, 6) is 0.617. The molecule has 0 aliphatic carbocycles. The summed E-state index contributed by atoms with van der Waals surface area (Å²) in [7, 11) is -3.28. The van der Waals surface area contributed by atoms with Gasteiger partial charge >= 0.3 is 0 Å². The van der Waals surface area contributed by atoms with E-state index in [-0.39, 0.29) is 10.7 Å². The fraction of sp³-hybridized carbons (Fsp3) is 0.889. The van der Waals surface area contributed by atoms with Crippen molar-refractivity contribution >= 4 is 27.2 Å². The zero-order valence-corrected chi connectivity index (χ0v) is 10.8. The van der Waals surface area contributed by atoms with Crippen molar-refractivity contribution in [3.05, 3.63) is 0 Å². The second kappa shape index (κ2) is 4.76. The van der Waals surface area contributed by atoms with Crippen LogP contribution in [0.2, 0.25) is 0 Å². The first kappa shape index (κ1) is 12.9. The van der Waals surface area contributed by atoms with Gasteiger partial charge in [0.1, 0.15) is 5.75 Å². The SMILES string of the molecule is CC1CC(C)CN(S(=O)(=O)CC(N)=S)C1. The highest BCUT2D eigenvalue weighted by Gasteiger charge is 2.30. The first-order chi connectivity index (χ1) is 6.81. The minimum absolute atomic E-state index is 0.0425. The molecule has 0 radical (unpaired) electrons. The van der Waals surface area contributed by atoms with Crippen LogP contribution in [0.4, 0.5) is 0 Å². The third kappa shape index (κ3) is 3.70. The summed E-state index contributed by atoms with van der Waals surface area (Å²) in [5.41, 5.74) is 5.28. The van der Waals surface area contributed by atoms with Gasteiger partial charge < -0.3 is 5.73 Å². The van der Waals surface area contributed by atoms with Crippen LogP contribution in [0.15, 0.2) is 0 Å². The number of sulfonamides is 1. The van der Waals surface area contributed by atoms with E-state index in [4.69, 9.17) is 5.73 Å². The lowest BCUT2D eigenvalue weighted by Crippen LogP contribution is -2.45. The van der Waals surface area contributed by atoms with Crippen molar-refractivity contribution in [1.29, 1.82) is 0 Å². The minimum atomic E-state index is -3.28. The normalized spacial score (nSPS) is 28.9. The predicted octanol–water partition coefficient (Wildman–Crippen LogP) is 0.580. The maximum Gasteiger partial charge on any atom is 0.220 e. The first-order valence-electron chi connectivity index (χ1n) is 5.07. The minimum Gasteiger partial charge on any atom is -0.392 e. The van der Waals surface area contributed by atoms with Gasteiger partial charge in [-0.1, -0.05) is 26.1 Å². The summed E-state index contributed by atoms with van der Waals surface area (Å²) < 4.78 is 25.2. The molecular weight excluding hydrogens is 232 g/mol. The van der Waals surface area contributed by atoms with Gasteiger partial charge in [-0.2, -0.15) is 0 Å². The smallest absolute Gasteiger partial charge is 0.220 e. The van der Waals surface area contributed by atoms with Gasteiger partial charge in [-0.3, -0.25) is 0 Å². The first-order valence-corrected chi connectivity index (χ1v) is 7.09. The average Bonchev–Trinajstić information content (AvgIpc) is 1.99. The van der Waals surface area contributed by atoms with Crippen molar-refractivity contribution in [2.75, 3.05) is 18.8 Å². The Bertz CT molecular complexity index is 330. The van der Waals surface area contributed by atoms with Crippen LogP contribution in [-0.2, 0) is 10.0 Å². The Labute approximate surface area is 96.9 Å². The molecule has 1 aliphatic rings. The van der Waals surface area contributed by atoms with E-state index < -0.39 is 10.0 Å². The van der Waals surface area contributed by atoms with E-state index in [9.17, 15) is 8.42 Å². The molecule has 1 rings (SSSR count). The molecule has 0 saturated carbocycles. The van der Waals surface area contributed by atoms with E-state index in [0.717, 1.165) is 6.42 Å². The molecule has 0 amide bonds. The van der Waals surface area contributed by atoms with E-state index in [0.29, 0.717) is 24.9 Å². The number of thiocarbonyl (C=S) groups is 1. The Kier molecular flexibility index (Phi) is 4.08. The van der Waals surface area contributed by atoms with E-state index in [1.165, 1.54) is 4.31 Å². The molecule has 2 unspecified atom stereocenters. The summed E-state index contributed by atoms with van der Waals surface area (Å²) in [4.78, 5) is 0.0425. The van der Waals surface area contributed by atoms with Gasteiger partial charge in [-0.15, -0.1) is 0 Å². The van der Waals surface area contributed by atoms with Gasteiger partial charge in [0.05, 0.1) is 4.99 Å². The molecule has 0 spiro atoms. The van der Waals surface area contributed by atoms with Gasteiger partial charge in [-0.25, -0.2) is 12.7 Å². The van der Waals surface area contributed by atoms with Crippen LogP contribution in [0.3, 0.4) is 0 Å². The molecule has 1 aliphatic heterocycles. The second-order valence-electron chi connectivity index (χ2n) is 4.49. The van der Waals surface area contributed by atoms with Gasteiger partial charge in [0, 0.05) is 13.1 Å². The maximum atomic E-state index is 11.8. The summed E-state index contributed by atoms with van der Waals surface area (Å²) in [6.07, 6.45) is 1.08. The third-order valence-electron chi connectivity index (χ3n) is 2.55. The molecule has 4 nitrogen and oxygen atoms in total. The van der Waals surface area contributed by atoms with Gasteiger partial charge in [0.2, 0.25) is 10.0 Å². The number of piperidine rings is 1. The molecule has 6 heteroatoms. The highest BCUT2D eigenvalue weighted by atomic mass is 32.2. The fourth-order valence-corrected chi connectivity index (χ4v) is 4.06. The van der Waals surface area contributed by atoms with Crippen LogP contribution in [0.1, 0.15) is 20.3 Å². The van der Waals surface area contributed by atoms with Crippen molar-refractivity contribution in [2.45, 2.75) is 20.3 Å². The van der Waals surface area contributed by atoms with Crippen LogP contribution in [0.25, 0.3) is 0 Å². The van der Waals surface area contributed by atoms with Gasteiger partial charge in [0.15, 0.2) is 0 Å². The zero-order chi connectivity index (χ0) is 11.6. The fourth-order valence-electron chi connectivity index (χ4n) is 2.10. The van der Waals surface area contributed by atoms with Crippen molar-refractivity contribution < 1.29 is 8.42 Å². The highest BCUT2D eigenvalue weighted by Crippen LogP contribution is 2.23. The van der Waals surface area contributed by atoms with E-state index in [2.05, 4.69) is 26.1 Å². The molecule has 88 valence electrons. The Hall–Kier alpha value is -0.200. The summed E-state index contributed by atoms with van der Waals surface area (Å²) in [5, 5.41) is 0. The number of hydrogen-bond donors (Lipinski definition) is 1. The Balaban J connectivity index is 2.74. The van der Waals surface area contributed by atoms with Crippen LogP contribution >= 0.6 is 12.2 Å². The van der Waals surface area contributed by atoms with Crippen LogP contribution in [-0.4, -0.2) is 36.6 Å². The largest absolute Gasteiger partial charge is 0.392 e. The monoisotopic (exact) mass is 250 g/mol. The topological polar surface area (TPSA) is 63.4 Å². The average molecular weight is 250 g/mol. The third-order valence-corrected chi connectivity index (χ3v) is 4.64. The van der Waals surface area contributed by atoms with Crippen LogP contribution in [0.5, 0.6) is 0 Å². The summed E-state index contributed by atoms with van der Waals surface area (Å²) in [6, 6.07) is 0. The Morgan fingerprint density at radius 2 is 1.87 bits per heavy atom. The van der Waals surface area contributed by atoms with Crippen molar-refractivity contribution in [3.63, 3.8) is 0 Å². The molecule has 0 aromatic rings. The predicted molar refractivity (Wildman–Crippen MR) is 65.1 cm³/mol. The molecule has 0 bridgehead atoms. The zero-order valence-electron chi connectivity index (χ0n) is 9.14. The summed E-state index contributed by atoms with van der Waals surface area (Å²) in [6.45, 7) is 5.32. The maximum absolute atomic E-state index is 11.8. The van der Waals surface area contributed by atoms with Gasteiger partial charge in [0.25, 0.3) is 0 Å². The number of rotatable bonds is 3. The van der Waals surface area contributed by atoms with Crippen molar-refractivity contribution in [3.8, 4) is 0 Å². The Morgan fingerprint density at radius 1 is 1.40 bits per heavy atom. The molecule has 15 heavy (non-hydrogen) atoms. The molecule has 0 aromatic heterocycles. The standard InChI is InChI=1S/C9H18N2O2S2/c1-7-3-8(2)5-11(4-7)15(12,13)6-9(10)14/h7-8H,3-6H2,1-2H3,(H2,10,14). The molecule has 2 N–H and O–H groups in total. The second-order valence-corrected chi connectivity index (χ2v) is 6.98. The highest BCUT2D eigenvalue weighted by molar-refractivity contribution is 7.92. The number of nitrogens with zero attached hydrogens (tertiary/aromatic N) is 1. The lowest BCUT2D eigenvalue weighted by molar-refractivity contribution is 0.223. The molecule has 0 aromatic carbocycles. The van der Waals surface area contributed by atoms with Crippen molar-refractivity contribution in [2.24, 2.45) is 17.6 Å². The lowest BCUT2D eigenvalue weighted by Gasteiger charge is -2.33. The molecule has 1 saturated heterocycles. The van der Waals surface area contributed by atoms with E-state index in [1.807, 2.05) is 0 Å². The Morgan fingerprint density at radius 3 is 2.27 bits per heavy atom. The quantitative estimate of drug-likeness (QED) is 0.744. The van der Waals surface area contributed by atoms with E-state index in [1.54, 1.807) is 0 Å². The lowest BCUT2D eigenvalue weighted by atomic mass is 9.94. The van der Waals surface area contributed by atoms with Gasteiger partial charge in [-0.05, 0) is 18.3 Å². The summed E-state index contributed by atoms with van der Waals surface area (Å²) >= 11 is 4.64. The molecule has 1 heterocycles. The van der Waals surface area contributed by atoms with Crippen LogP contribution in [0, 0.1) is 11.8 Å².